The first kappa shape index (κ1) is 13.5. The summed E-state index contributed by atoms with van der Waals surface area (Å²) in [5.41, 5.74) is 0.856. The van der Waals surface area contributed by atoms with Crippen LogP contribution in [0, 0.1) is 0 Å². The Balaban J connectivity index is 2.26. The molecule has 1 atom stereocenters. The number of nitrogens with zero attached hydrogens (tertiary/aromatic N) is 1. The summed E-state index contributed by atoms with van der Waals surface area (Å²) < 4.78 is 0. The second-order valence-corrected chi connectivity index (χ2v) is 4.94. The average Bonchev–Trinajstić information content (AvgIpc) is 2.46. The molecule has 4 heteroatoms. The molecule has 1 aromatic carbocycles. The largest absolute Gasteiger partial charge is 0.394 e. The zero-order valence-electron chi connectivity index (χ0n) is 11.2. The van der Waals surface area contributed by atoms with E-state index in [0.717, 1.165) is 10.9 Å². The number of carbonyl (C=O) groups is 1. The summed E-state index contributed by atoms with van der Waals surface area (Å²) in [5, 5.41) is 13.1. The second-order valence-electron chi connectivity index (χ2n) is 4.94. The van der Waals surface area contributed by atoms with E-state index in [0.29, 0.717) is 12.0 Å². The molecule has 0 radical (unpaired) electrons. The molecule has 0 saturated heterocycles. The molecule has 0 bridgehead atoms. The molecule has 0 aliphatic carbocycles. The van der Waals surface area contributed by atoms with Gasteiger partial charge in [-0.2, -0.15) is 0 Å². The minimum absolute atomic E-state index is 0.0790. The number of carbonyl (C=O) groups excluding carboxylic acids is 1. The Hall–Kier alpha value is -1.94. The Bertz CT molecular complexity index is 591. The van der Waals surface area contributed by atoms with E-state index < -0.39 is 5.54 Å². The van der Waals surface area contributed by atoms with E-state index in [2.05, 4.69) is 10.3 Å². The van der Waals surface area contributed by atoms with Crippen LogP contribution in [0.5, 0.6) is 0 Å². The normalized spacial score (nSPS) is 14.1. The van der Waals surface area contributed by atoms with Crippen molar-refractivity contribution in [1.82, 2.24) is 10.3 Å². The maximum absolute atomic E-state index is 12.2. The summed E-state index contributed by atoms with van der Waals surface area (Å²) >= 11 is 0. The van der Waals surface area contributed by atoms with Gasteiger partial charge in [0.15, 0.2) is 0 Å². The number of aromatic nitrogens is 1. The minimum atomic E-state index is -0.582. The van der Waals surface area contributed by atoms with Gasteiger partial charge < -0.3 is 10.4 Å². The van der Waals surface area contributed by atoms with Crippen LogP contribution in [0.15, 0.2) is 36.5 Å². The fraction of sp³-hybridized carbons (Fsp3) is 0.333. The van der Waals surface area contributed by atoms with Gasteiger partial charge in [0.25, 0.3) is 5.91 Å². The Labute approximate surface area is 112 Å². The second kappa shape index (κ2) is 5.36. The highest BCUT2D eigenvalue weighted by atomic mass is 16.3. The van der Waals surface area contributed by atoms with E-state index >= 15 is 0 Å². The molecule has 0 aliphatic rings. The van der Waals surface area contributed by atoms with Gasteiger partial charge in [0.05, 0.1) is 17.7 Å². The lowest BCUT2D eigenvalue weighted by atomic mass is 9.99. The Morgan fingerprint density at radius 3 is 2.89 bits per heavy atom. The fourth-order valence-electron chi connectivity index (χ4n) is 1.80. The van der Waals surface area contributed by atoms with Gasteiger partial charge >= 0.3 is 0 Å². The van der Waals surface area contributed by atoms with Crippen molar-refractivity contribution in [3.8, 4) is 0 Å². The molecule has 1 amide bonds. The molecular weight excluding hydrogens is 240 g/mol. The van der Waals surface area contributed by atoms with Crippen molar-refractivity contribution >= 4 is 16.8 Å². The molecule has 2 N–H and O–H groups in total. The number of nitrogens with one attached hydrogen (secondary N) is 1. The fourth-order valence-corrected chi connectivity index (χ4v) is 1.80. The molecule has 4 nitrogen and oxygen atoms in total. The third kappa shape index (κ3) is 2.90. The van der Waals surface area contributed by atoms with Crippen LogP contribution in [0.3, 0.4) is 0 Å². The third-order valence-corrected chi connectivity index (χ3v) is 3.41. The Kier molecular flexibility index (Phi) is 3.81. The first-order chi connectivity index (χ1) is 9.08. The summed E-state index contributed by atoms with van der Waals surface area (Å²) in [5.74, 6) is -0.177. The molecule has 100 valence electrons. The van der Waals surface area contributed by atoms with Gasteiger partial charge in [0, 0.05) is 17.1 Å². The van der Waals surface area contributed by atoms with Gasteiger partial charge in [-0.05, 0) is 37.6 Å². The Morgan fingerprint density at radius 2 is 2.21 bits per heavy atom. The number of hydrogen-bond acceptors (Lipinski definition) is 3. The van der Waals surface area contributed by atoms with Crippen LogP contribution in [0.1, 0.15) is 30.6 Å². The van der Waals surface area contributed by atoms with Crippen LogP contribution in [-0.4, -0.2) is 28.1 Å². The molecule has 19 heavy (non-hydrogen) atoms. The molecule has 2 rings (SSSR count). The van der Waals surface area contributed by atoms with E-state index in [1.54, 1.807) is 12.3 Å². The number of rotatable bonds is 4. The van der Waals surface area contributed by atoms with E-state index in [9.17, 15) is 9.90 Å². The molecule has 0 fully saturated rings. The maximum atomic E-state index is 12.2. The number of benzene rings is 1. The first-order valence-corrected chi connectivity index (χ1v) is 6.36. The topological polar surface area (TPSA) is 62.2 Å². The number of pyridine rings is 1. The highest BCUT2D eigenvalue weighted by molar-refractivity contribution is 5.98. The SMILES string of the molecule is CCC(C)(CO)NC(=O)c1ccc2ncccc2c1. The van der Waals surface area contributed by atoms with Gasteiger partial charge in [-0.1, -0.05) is 13.0 Å². The van der Waals surface area contributed by atoms with Gasteiger partial charge in [-0.3, -0.25) is 9.78 Å². The smallest absolute Gasteiger partial charge is 0.251 e. The number of aliphatic hydroxyl groups is 1. The van der Waals surface area contributed by atoms with Crippen LogP contribution in [0.2, 0.25) is 0 Å². The molecule has 0 saturated carbocycles. The van der Waals surface area contributed by atoms with Gasteiger partial charge in [0.2, 0.25) is 0 Å². The van der Waals surface area contributed by atoms with Crippen molar-refractivity contribution in [2.24, 2.45) is 0 Å². The lowest BCUT2D eigenvalue weighted by Crippen LogP contribution is -2.48. The van der Waals surface area contributed by atoms with Gasteiger partial charge in [-0.25, -0.2) is 0 Å². The molecule has 2 aromatic rings. The van der Waals surface area contributed by atoms with Gasteiger partial charge in [-0.15, -0.1) is 0 Å². The summed E-state index contributed by atoms with van der Waals surface area (Å²) in [6.45, 7) is 3.68. The van der Waals surface area contributed by atoms with Crippen LogP contribution in [0.4, 0.5) is 0 Å². The summed E-state index contributed by atoms with van der Waals surface area (Å²) in [6, 6.07) is 9.15. The molecule has 0 spiro atoms. The Morgan fingerprint density at radius 1 is 1.42 bits per heavy atom. The summed E-state index contributed by atoms with van der Waals surface area (Å²) in [4.78, 5) is 16.4. The van der Waals surface area contributed by atoms with Crippen LogP contribution in [0.25, 0.3) is 10.9 Å². The van der Waals surface area contributed by atoms with Crippen molar-refractivity contribution in [2.75, 3.05) is 6.61 Å². The minimum Gasteiger partial charge on any atom is -0.394 e. The highest BCUT2D eigenvalue weighted by Crippen LogP contribution is 2.15. The predicted octanol–water partition coefficient (Wildman–Crippen LogP) is 2.13. The van der Waals surface area contributed by atoms with Crippen LogP contribution >= 0.6 is 0 Å². The van der Waals surface area contributed by atoms with Crippen molar-refractivity contribution in [3.05, 3.63) is 42.1 Å². The molecule has 0 aliphatic heterocycles. The standard InChI is InChI=1S/C15H18N2O2/c1-3-15(2,10-18)17-14(19)12-6-7-13-11(9-12)5-4-8-16-13/h4-9,18H,3,10H2,1-2H3,(H,17,19). The molecule has 1 aromatic heterocycles. The van der Waals surface area contributed by atoms with Crippen molar-refractivity contribution in [2.45, 2.75) is 25.8 Å². The third-order valence-electron chi connectivity index (χ3n) is 3.41. The zero-order valence-corrected chi connectivity index (χ0v) is 11.2. The quantitative estimate of drug-likeness (QED) is 0.883. The lowest BCUT2D eigenvalue weighted by molar-refractivity contribution is 0.0847. The molecule has 1 unspecified atom stereocenters. The van der Waals surface area contributed by atoms with E-state index in [1.807, 2.05) is 38.1 Å². The summed E-state index contributed by atoms with van der Waals surface area (Å²) in [7, 11) is 0. The first-order valence-electron chi connectivity index (χ1n) is 6.36. The zero-order chi connectivity index (χ0) is 13.9. The maximum Gasteiger partial charge on any atom is 0.251 e. The van der Waals surface area contributed by atoms with Gasteiger partial charge in [0.1, 0.15) is 0 Å². The molecule has 1 heterocycles. The van der Waals surface area contributed by atoms with Crippen molar-refractivity contribution < 1.29 is 9.90 Å². The summed E-state index contributed by atoms with van der Waals surface area (Å²) in [6.07, 6.45) is 2.40. The van der Waals surface area contributed by atoms with Crippen LogP contribution < -0.4 is 5.32 Å². The van der Waals surface area contributed by atoms with Crippen molar-refractivity contribution in [1.29, 1.82) is 0 Å². The van der Waals surface area contributed by atoms with Crippen LogP contribution in [-0.2, 0) is 0 Å². The lowest BCUT2D eigenvalue weighted by Gasteiger charge is -2.27. The average molecular weight is 258 g/mol. The van der Waals surface area contributed by atoms with E-state index in [-0.39, 0.29) is 12.5 Å². The van der Waals surface area contributed by atoms with E-state index in [4.69, 9.17) is 0 Å². The van der Waals surface area contributed by atoms with Crippen molar-refractivity contribution in [3.63, 3.8) is 0 Å². The molecular formula is C15H18N2O2. The number of aliphatic hydroxyl groups excluding tert-OH is 1. The predicted molar refractivity (Wildman–Crippen MR) is 75.0 cm³/mol. The number of amides is 1. The number of hydrogen-bond donors (Lipinski definition) is 2. The van der Waals surface area contributed by atoms with E-state index in [1.165, 1.54) is 0 Å². The number of fused-ring (bicyclic) bond motifs is 1. The monoisotopic (exact) mass is 258 g/mol. The highest BCUT2D eigenvalue weighted by Gasteiger charge is 2.23.